The zero-order valence-electron chi connectivity index (χ0n) is 10.8. The molecule has 1 aliphatic heterocycles. The van der Waals surface area contributed by atoms with Crippen LogP contribution in [0.3, 0.4) is 0 Å². The molecule has 106 valence electrons. The zero-order chi connectivity index (χ0) is 13.9. The van der Waals surface area contributed by atoms with E-state index in [0.29, 0.717) is 10.0 Å². The second kappa shape index (κ2) is 6.41. The van der Waals surface area contributed by atoms with Crippen LogP contribution in [-0.4, -0.2) is 36.2 Å². The van der Waals surface area contributed by atoms with E-state index in [1.807, 2.05) is 17.5 Å². The van der Waals surface area contributed by atoms with Crippen molar-refractivity contribution in [2.45, 2.75) is 6.54 Å². The van der Waals surface area contributed by atoms with Gasteiger partial charge in [-0.15, -0.1) is 11.3 Å². The van der Waals surface area contributed by atoms with Gasteiger partial charge in [0, 0.05) is 29.1 Å². The highest BCUT2D eigenvalue weighted by atomic mass is 35.5. The fourth-order valence-corrected chi connectivity index (χ4v) is 3.50. The Balaban J connectivity index is 1.75. The Morgan fingerprint density at radius 1 is 1.25 bits per heavy atom. The number of benzene rings is 1. The van der Waals surface area contributed by atoms with E-state index < -0.39 is 0 Å². The van der Waals surface area contributed by atoms with Gasteiger partial charge >= 0.3 is 0 Å². The summed E-state index contributed by atoms with van der Waals surface area (Å²) in [5, 5.41) is 4.43. The minimum Gasteiger partial charge on any atom is -0.379 e. The summed E-state index contributed by atoms with van der Waals surface area (Å²) in [6.07, 6.45) is 0. The lowest BCUT2D eigenvalue weighted by Crippen LogP contribution is -2.35. The van der Waals surface area contributed by atoms with Gasteiger partial charge < -0.3 is 4.74 Å². The number of morpholine rings is 1. The van der Waals surface area contributed by atoms with E-state index in [4.69, 9.17) is 27.9 Å². The summed E-state index contributed by atoms with van der Waals surface area (Å²) in [6, 6.07) is 5.50. The average Bonchev–Trinajstić information content (AvgIpc) is 2.88. The fourth-order valence-electron chi connectivity index (χ4n) is 2.15. The molecule has 3 nitrogen and oxygen atoms in total. The van der Waals surface area contributed by atoms with Crippen molar-refractivity contribution in [1.29, 1.82) is 0 Å². The third-order valence-corrected chi connectivity index (χ3v) is 4.60. The van der Waals surface area contributed by atoms with Crippen molar-refractivity contribution in [3.8, 4) is 11.3 Å². The van der Waals surface area contributed by atoms with Gasteiger partial charge in [-0.2, -0.15) is 0 Å². The van der Waals surface area contributed by atoms with Gasteiger partial charge in [-0.25, -0.2) is 4.98 Å². The van der Waals surface area contributed by atoms with E-state index in [9.17, 15) is 0 Å². The smallest absolute Gasteiger partial charge is 0.107 e. The lowest BCUT2D eigenvalue weighted by molar-refractivity contribution is 0.0342. The Hall–Kier alpha value is -0.650. The number of ether oxygens (including phenoxy) is 1. The van der Waals surface area contributed by atoms with E-state index >= 15 is 0 Å². The van der Waals surface area contributed by atoms with Crippen LogP contribution in [0.25, 0.3) is 11.3 Å². The van der Waals surface area contributed by atoms with Gasteiger partial charge in [0.2, 0.25) is 0 Å². The normalized spacial score (nSPS) is 16.5. The number of aromatic nitrogens is 1. The van der Waals surface area contributed by atoms with Crippen LogP contribution < -0.4 is 0 Å². The Bertz CT molecular complexity index is 597. The number of halogens is 2. The largest absolute Gasteiger partial charge is 0.379 e. The molecule has 3 rings (SSSR count). The molecule has 1 aromatic heterocycles. The minimum atomic E-state index is 0.640. The molecule has 1 saturated heterocycles. The molecule has 0 bridgehead atoms. The lowest BCUT2D eigenvalue weighted by Gasteiger charge is -2.25. The first-order chi connectivity index (χ1) is 9.72. The fraction of sp³-hybridized carbons (Fsp3) is 0.357. The highest BCUT2D eigenvalue weighted by Crippen LogP contribution is 2.31. The maximum absolute atomic E-state index is 6.22. The Labute approximate surface area is 132 Å². The molecule has 6 heteroatoms. The third-order valence-electron chi connectivity index (χ3n) is 3.22. The van der Waals surface area contributed by atoms with Gasteiger partial charge in [0.15, 0.2) is 0 Å². The Morgan fingerprint density at radius 3 is 2.80 bits per heavy atom. The molecule has 0 amide bonds. The van der Waals surface area contributed by atoms with Gasteiger partial charge in [-0.1, -0.05) is 23.2 Å². The van der Waals surface area contributed by atoms with Crippen molar-refractivity contribution >= 4 is 34.5 Å². The summed E-state index contributed by atoms with van der Waals surface area (Å²) in [7, 11) is 0. The first-order valence-electron chi connectivity index (χ1n) is 6.42. The number of hydrogen-bond acceptors (Lipinski definition) is 4. The molecule has 1 aliphatic rings. The topological polar surface area (TPSA) is 25.4 Å². The molecule has 2 aromatic rings. The molecule has 20 heavy (non-hydrogen) atoms. The molecule has 0 saturated carbocycles. The van der Waals surface area contributed by atoms with Crippen molar-refractivity contribution in [3.05, 3.63) is 38.6 Å². The van der Waals surface area contributed by atoms with Crippen LogP contribution in [-0.2, 0) is 11.3 Å². The van der Waals surface area contributed by atoms with Gasteiger partial charge in [0.1, 0.15) is 5.01 Å². The number of rotatable bonds is 3. The molecule has 0 atom stereocenters. The minimum absolute atomic E-state index is 0.640. The van der Waals surface area contributed by atoms with Gasteiger partial charge in [0.05, 0.1) is 30.5 Å². The molecular weight excluding hydrogens is 315 g/mol. The first-order valence-corrected chi connectivity index (χ1v) is 8.06. The average molecular weight is 329 g/mol. The summed E-state index contributed by atoms with van der Waals surface area (Å²) in [5.41, 5.74) is 1.85. The third kappa shape index (κ3) is 3.32. The van der Waals surface area contributed by atoms with Crippen LogP contribution in [0, 0.1) is 0 Å². The van der Waals surface area contributed by atoms with Crippen LogP contribution in [0.1, 0.15) is 5.01 Å². The van der Waals surface area contributed by atoms with Crippen molar-refractivity contribution in [3.63, 3.8) is 0 Å². The van der Waals surface area contributed by atoms with E-state index in [1.54, 1.807) is 17.4 Å². The maximum atomic E-state index is 6.22. The van der Waals surface area contributed by atoms with Crippen LogP contribution in [0.2, 0.25) is 10.0 Å². The van der Waals surface area contributed by atoms with Gasteiger partial charge in [-0.3, -0.25) is 4.90 Å². The molecule has 0 spiro atoms. The highest BCUT2D eigenvalue weighted by Gasteiger charge is 2.14. The summed E-state index contributed by atoms with van der Waals surface area (Å²) in [6.45, 7) is 4.43. The predicted octanol–water partition coefficient (Wildman–Crippen LogP) is 3.95. The summed E-state index contributed by atoms with van der Waals surface area (Å²) in [5.74, 6) is 0. The zero-order valence-corrected chi connectivity index (χ0v) is 13.1. The Morgan fingerprint density at radius 2 is 2.05 bits per heavy atom. The Kier molecular flexibility index (Phi) is 4.58. The second-order valence-electron chi connectivity index (χ2n) is 4.64. The molecule has 0 N–H and O–H groups in total. The second-order valence-corrected chi connectivity index (χ2v) is 6.43. The van der Waals surface area contributed by atoms with E-state index in [0.717, 1.165) is 49.1 Å². The number of thiazole rings is 1. The van der Waals surface area contributed by atoms with Gasteiger partial charge in [0.25, 0.3) is 0 Å². The van der Waals surface area contributed by atoms with Crippen LogP contribution in [0.4, 0.5) is 0 Å². The van der Waals surface area contributed by atoms with Gasteiger partial charge in [-0.05, 0) is 18.2 Å². The molecule has 2 heterocycles. The number of nitrogens with zero attached hydrogens (tertiary/aromatic N) is 2. The molecule has 0 unspecified atom stereocenters. The maximum Gasteiger partial charge on any atom is 0.107 e. The monoisotopic (exact) mass is 328 g/mol. The first kappa shape index (κ1) is 14.3. The van der Waals surface area contributed by atoms with E-state index in [1.165, 1.54) is 0 Å². The molecule has 0 radical (unpaired) electrons. The molecular formula is C14H14Cl2N2OS. The van der Waals surface area contributed by atoms with Crippen molar-refractivity contribution in [1.82, 2.24) is 9.88 Å². The van der Waals surface area contributed by atoms with Crippen LogP contribution in [0.5, 0.6) is 0 Å². The quantitative estimate of drug-likeness (QED) is 0.853. The van der Waals surface area contributed by atoms with Crippen molar-refractivity contribution in [2.24, 2.45) is 0 Å². The molecule has 1 fully saturated rings. The van der Waals surface area contributed by atoms with Crippen molar-refractivity contribution < 1.29 is 4.74 Å². The van der Waals surface area contributed by atoms with Crippen LogP contribution in [0.15, 0.2) is 23.6 Å². The lowest BCUT2D eigenvalue weighted by atomic mass is 10.2. The molecule has 1 aromatic carbocycles. The standard InChI is InChI=1S/C14H14Cl2N2OS/c15-10-1-2-11(12(16)7-10)13-9-20-14(17-13)8-18-3-5-19-6-4-18/h1-2,7,9H,3-6,8H2. The summed E-state index contributed by atoms with van der Waals surface area (Å²) in [4.78, 5) is 7.03. The number of hydrogen-bond donors (Lipinski definition) is 0. The summed E-state index contributed by atoms with van der Waals surface area (Å²) < 4.78 is 5.35. The highest BCUT2D eigenvalue weighted by molar-refractivity contribution is 7.09. The van der Waals surface area contributed by atoms with Crippen LogP contribution >= 0.6 is 34.5 Å². The molecule has 0 aliphatic carbocycles. The van der Waals surface area contributed by atoms with E-state index in [-0.39, 0.29) is 0 Å². The predicted molar refractivity (Wildman–Crippen MR) is 83.7 cm³/mol. The SMILES string of the molecule is Clc1ccc(-c2csc(CN3CCOCC3)n2)c(Cl)c1. The van der Waals surface area contributed by atoms with E-state index in [2.05, 4.69) is 9.88 Å². The van der Waals surface area contributed by atoms with Crippen molar-refractivity contribution in [2.75, 3.05) is 26.3 Å². The summed E-state index contributed by atoms with van der Waals surface area (Å²) >= 11 is 13.8.